The van der Waals surface area contributed by atoms with Crippen LogP contribution in [0.1, 0.15) is 18.7 Å². The molecule has 0 saturated carbocycles. The van der Waals surface area contributed by atoms with Crippen LogP contribution in [0, 0.1) is 0 Å². The van der Waals surface area contributed by atoms with Gasteiger partial charge in [0.1, 0.15) is 12.7 Å². The zero-order chi connectivity index (χ0) is 15.5. The van der Waals surface area contributed by atoms with Gasteiger partial charge in [0.2, 0.25) is 11.8 Å². The van der Waals surface area contributed by atoms with Crippen LogP contribution >= 0.6 is 0 Å². The number of likely N-dealkylation sites (tertiary alicyclic amines) is 1. The third-order valence-corrected chi connectivity index (χ3v) is 4.19. The van der Waals surface area contributed by atoms with Crippen molar-refractivity contribution in [1.82, 2.24) is 29.9 Å². The molecule has 3 aromatic rings. The molecule has 1 aliphatic heterocycles. The van der Waals surface area contributed by atoms with Crippen LogP contribution in [0.2, 0.25) is 0 Å². The Labute approximate surface area is 134 Å². The average Bonchev–Trinajstić information content (AvgIpc) is 3.33. The minimum atomic E-state index is 0.434. The van der Waals surface area contributed by atoms with Gasteiger partial charge in [-0.3, -0.25) is 9.58 Å². The fourth-order valence-electron chi connectivity index (χ4n) is 3.04. The molecule has 0 unspecified atom stereocenters. The Bertz CT molecular complexity index is 739. The van der Waals surface area contributed by atoms with Crippen molar-refractivity contribution in [1.29, 1.82) is 0 Å². The molecule has 0 bridgehead atoms. The number of rotatable bonds is 5. The smallest absolute Gasteiger partial charge is 0.247 e. The Balaban J connectivity index is 1.44. The Hall–Kier alpha value is -2.54. The van der Waals surface area contributed by atoms with Gasteiger partial charge in [-0.05, 0) is 31.5 Å². The predicted octanol–water partition coefficient (Wildman–Crippen LogP) is 1.99. The van der Waals surface area contributed by atoms with Crippen LogP contribution in [-0.2, 0) is 13.1 Å². The molecule has 1 atom stereocenters. The van der Waals surface area contributed by atoms with E-state index in [0.717, 1.165) is 25.1 Å². The van der Waals surface area contributed by atoms with Gasteiger partial charge < -0.3 is 4.42 Å². The first-order valence-corrected chi connectivity index (χ1v) is 7.83. The van der Waals surface area contributed by atoms with Crippen molar-refractivity contribution in [2.24, 2.45) is 0 Å². The van der Waals surface area contributed by atoms with Crippen molar-refractivity contribution in [2.75, 3.05) is 6.54 Å². The highest BCUT2D eigenvalue weighted by Crippen LogP contribution is 2.23. The standard InChI is InChI=1S/C16H18N6O/c1-2-5-13(6-3-1)16-20-19-15(23-16)10-21-8-4-7-14(21)9-22-12-17-11-18-22/h1-3,5-6,11-12,14H,4,7-10H2/t14-/m1/s1. The molecule has 1 fully saturated rings. The molecule has 118 valence electrons. The van der Waals surface area contributed by atoms with Crippen LogP contribution in [0.3, 0.4) is 0 Å². The lowest BCUT2D eigenvalue weighted by Crippen LogP contribution is -2.32. The van der Waals surface area contributed by atoms with Gasteiger partial charge in [-0.2, -0.15) is 5.10 Å². The summed E-state index contributed by atoms with van der Waals surface area (Å²) in [4.78, 5) is 6.38. The van der Waals surface area contributed by atoms with Crippen LogP contribution in [-0.4, -0.2) is 42.4 Å². The first kappa shape index (κ1) is 14.1. The maximum absolute atomic E-state index is 5.82. The first-order chi connectivity index (χ1) is 11.4. The van der Waals surface area contributed by atoms with Gasteiger partial charge >= 0.3 is 0 Å². The normalized spacial score (nSPS) is 18.5. The Morgan fingerprint density at radius 2 is 2.09 bits per heavy atom. The monoisotopic (exact) mass is 310 g/mol. The average molecular weight is 310 g/mol. The maximum Gasteiger partial charge on any atom is 0.247 e. The lowest BCUT2D eigenvalue weighted by molar-refractivity contribution is 0.200. The molecule has 3 heterocycles. The Morgan fingerprint density at radius 1 is 1.17 bits per heavy atom. The molecular weight excluding hydrogens is 292 g/mol. The van der Waals surface area contributed by atoms with E-state index in [1.54, 1.807) is 12.7 Å². The summed E-state index contributed by atoms with van der Waals surface area (Å²) in [6.45, 7) is 2.57. The van der Waals surface area contributed by atoms with E-state index in [9.17, 15) is 0 Å². The summed E-state index contributed by atoms with van der Waals surface area (Å²) in [6.07, 6.45) is 5.67. The van der Waals surface area contributed by atoms with Gasteiger partial charge in [-0.25, -0.2) is 4.98 Å². The van der Waals surface area contributed by atoms with Crippen LogP contribution in [0.25, 0.3) is 11.5 Å². The molecule has 0 spiro atoms. The summed E-state index contributed by atoms with van der Waals surface area (Å²) in [5, 5.41) is 12.5. The van der Waals surface area contributed by atoms with Gasteiger partial charge in [0.15, 0.2) is 0 Å². The zero-order valence-electron chi connectivity index (χ0n) is 12.7. The van der Waals surface area contributed by atoms with E-state index in [2.05, 4.69) is 25.2 Å². The van der Waals surface area contributed by atoms with Crippen molar-refractivity contribution < 1.29 is 4.42 Å². The molecule has 2 aromatic heterocycles. The number of aromatic nitrogens is 5. The number of benzene rings is 1. The highest BCUT2D eigenvalue weighted by molar-refractivity contribution is 5.51. The summed E-state index contributed by atoms with van der Waals surface area (Å²) >= 11 is 0. The van der Waals surface area contributed by atoms with E-state index in [1.807, 2.05) is 35.0 Å². The van der Waals surface area contributed by atoms with Crippen LogP contribution in [0.4, 0.5) is 0 Å². The van der Waals surface area contributed by atoms with Crippen molar-refractivity contribution >= 4 is 0 Å². The number of nitrogens with zero attached hydrogens (tertiary/aromatic N) is 6. The number of hydrogen-bond donors (Lipinski definition) is 0. The lowest BCUT2D eigenvalue weighted by Gasteiger charge is -2.22. The molecule has 0 amide bonds. The van der Waals surface area contributed by atoms with E-state index >= 15 is 0 Å². The summed E-state index contributed by atoms with van der Waals surface area (Å²) < 4.78 is 7.70. The summed E-state index contributed by atoms with van der Waals surface area (Å²) in [7, 11) is 0. The van der Waals surface area contributed by atoms with Gasteiger partial charge in [-0.15, -0.1) is 10.2 Å². The van der Waals surface area contributed by atoms with Gasteiger partial charge in [0.05, 0.1) is 13.1 Å². The molecule has 7 nitrogen and oxygen atoms in total. The lowest BCUT2D eigenvalue weighted by atomic mass is 10.2. The fraction of sp³-hybridized carbons (Fsp3) is 0.375. The fourth-order valence-corrected chi connectivity index (χ4v) is 3.04. The minimum Gasteiger partial charge on any atom is -0.419 e. The van der Waals surface area contributed by atoms with E-state index < -0.39 is 0 Å². The molecule has 0 radical (unpaired) electrons. The van der Waals surface area contributed by atoms with Crippen molar-refractivity contribution in [3.8, 4) is 11.5 Å². The maximum atomic E-state index is 5.82. The molecule has 23 heavy (non-hydrogen) atoms. The van der Waals surface area contributed by atoms with E-state index in [-0.39, 0.29) is 0 Å². The quantitative estimate of drug-likeness (QED) is 0.717. The molecule has 0 N–H and O–H groups in total. The summed E-state index contributed by atoms with van der Waals surface area (Å²) in [5.74, 6) is 1.24. The molecule has 0 aliphatic carbocycles. The first-order valence-electron chi connectivity index (χ1n) is 7.83. The second kappa shape index (κ2) is 6.29. The van der Waals surface area contributed by atoms with Gasteiger partial charge in [-0.1, -0.05) is 18.2 Å². The minimum absolute atomic E-state index is 0.434. The topological polar surface area (TPSA) is 72.9 Å². The van der Waals surface area contributed by atoms with Gasteiger partial charge in [0.25, 0.3) is 0 Å². The number of hydrogen-bond acceptors (Lipinski definition) is 6. The zero-order valence-corrected chi connectivity index (χ0v) is 12.7. The van der Waals surface area contributed by atoms with Crippen molar-refractivity contribution in [3.05, 3.63) is 48.9 Å². The Kier molecular flexibility index (Phi) is 3.85. The highest BCUT2D eigenvalue weighted by Gasteiger charge is 2.26. The van der Waals surface area contributed by atoms with Gasteiger partial charge in [0, 0.05) is 11.6 Å². The van der Waals surface area contributed by atoms with Crippen molar-refractivity contribution in [2.45, 2.75) is 32.0 Å². The second-order valence-electron chi connectivity index (χ2n) is 5.75. The van der Waals surface area contributed by atoms with E-state index in [0.29, 0.717) is 24.4 Å². The van der Waals surface area contributed by atoms with Crippen LogP contribution < -0.4 is 0 Å². The Morgan fingerprint density at radius 3 is 2.91 bits per heavy atom. The molecular formula is C16H18N6O. The highest BCUT2D eigenvalue weighted by atomic mass is 16.4. The molecule has 1 saturated heterocycles. The molecule has 4 rings (SSSR count). The van der Waals surface area contributed by atoms with E-state index in [4.69, 9.17) is 4.42 Å². The van der Waals surface area contributed by atoms with Crippen molar-refractivity contribution in [3.63, 3.8) is 0 Å². The molecule has 7 heteroatoms. The SMILES string of the molecule is c1ccc(-c2nnc(CN3CCC[C@@H]3Cn3cncn3)o2)cc1. The van der Waals surface area contributed by atoms with Crippen LogP contribution in [0.5, 0.6) is 0 Å². The summed E-state index contributed by atoms with van der Waals surface area (Å²) in [6, 6.07) is 10.3. The third kappa shape index (κ3) is 3.14. The third-order valence-electron chi connectivity index (χ3n) is 4.19. The second-order valence-corrected chi connectivity index (χ2v) is 5.75. The van der Waals surface area contributed by atoms with E-state index in [1.165, 1.54) is 6.42 Å². The molecule has 1 aromatic carbocycles. The summed E-state index contributed by atoms with van der Waals surface area (Å²) in [5.41, 5.74) is 0.951. The largest absolute Gasteiger partial charge is 0.419 e. The molecule has 1 aliphatic rings. The predicted molar refractivity (Wildman–Crippen MR) is 83.2 cm³/mol. The van der Waals surface area contributed by atoms with Crippen LogP contribution in [0.15, 0.2) is 47.4 Å².